The van der Waals surface area contributed by atoms with Crippen LogP contribution in [0.25, 0.3) is 0 Å². The first-order valence-corrected chi connectivity index (χ1v) is 6.82. The molecule has 0 atom stereocenters. The van der Waals surface area contributed by atoms with E-state index in [0.717, 1.165) is 36.6 Å². The first kappa shape index (κ1) is 14.4. The van der Waals surface area contributed by atoms with Gasteiger partial charge in [-0.15, -0.1) is 12.4 Å². The Morgan fingerprint density at radius 1 is 1.26 bits per heavy atom. The first-order valence-electron chi connectivity index (χ1n) is 6.82. The fourth-order valence-electron chi connectivity index (χ4n) is 2.88. The van der Waals surface area contributed by atoms with Crippen LogP contribution >= 0.6 is 12.4 Å². The number of carbonyl (C=O) groups excluding carboxylic acids is 1. The lowest BCUT2D eigenvalue weighted by Crippen LogP contribution is -2.27. The van der Waals surface area contributed by atoms with Crippen molar-refractivity contribution in [2.24, 2.45) is 5.92 Å². The van der Waals surface area contributed by atoms with Crippen LogP contribution in [-0.2, 0) is 17.8 Å². The van der Waals surface area contributed by atoms with Gasteiger partial charge in [0.05, 0.1) is 5.56 Å². The molecule has 1 fully saturated rings. The number of cyclic esters (lactones) is 1. The largest absolute Gasteiger partial charge is 0.457 e. The number of rotatable bonds is 3. The number of aryl methyl sites for hydroxylation is 1. The Bertz CT molecular complexity index is 455. The number of esters is 1. The number of ether oxygens (including phenoxy) is 1. The zero-order valence-corrected chi connectivity index (χ0v) is 11.8. The van der Waals surface area contributed by atoms with Crippen molar-refractivity contribution in [3.05, 3.63) is 34.9 Å². The molecule has 0 saturated carbocycles. The molecule has 0 bridgehead atoms. The molecule has 0 amide bonds. The summed E-state index contributed by atoms with van der Waals surface area (Å²) >= 11 is 0. The number of benzene rings is 1. The predicted octanol–water partition coefficient (Wildman–Crippen LogP) is 2.71. The molecule has 19 heavy (non-hydrogen) atoms. The van der Waals surface area contributed by atoms with E-state index in [2.05, 4.69) is 17.4 Å². The fourth-order valence-corrected chi connectivity index (χ4v) is 2.88. The highest BCUT2D eigenvalue weighted by Crippen LogP contribution is 2.23. The number of fused-ring (bicyclic) bond motifs is 1. The normalized spacial score (nSPS) is 18.6. The van der Waals surface area contributed by atoms with Crippen LogP contribution < -0.4 is 5.32 Å². The van der Waals surface area contributed by atoms with E-state index in [1.54, 1.807) is 0 Å². The van der Waals surface area contributed by atoms with Gasteiger partial charge in [-0.3, -0.25) is 0 Å². The Hall–Kier alpha value is -1.06. The van der Waals surface area contributed by atoms with Crippen LogP contribution in [0.15, 0.2) is 18.2 Å². The third kappa shape index (κ3) is 3.28. The van der Waals surface area contributed by atoms with Gasteiger partial charge in [-0.1, -0.05) is 12.1 Å². The summed E-state index contributed by atoms with van der Waals surface area (Å²) in [6, 6.07) is 6.14. The van der Waals surface area contributed by atoms with Gasteiger partial charge in [0.1, 0.15) is 6.61 Å². The van der Waals surface area contributed by atoms with Crippen molar-refractivity contribution in [2.45, 2.75) is 32.3 Å². The van der Waals surface area contributed by atoms with Gasteiger partial charge < -0.3 is 10.1 Å². The summed E-state index contributed by atoms with van der Waals surface area (Å²) in [4.78, 5) is 11.4. The maximum atomic E-state index is 11.4. The summed E-state index contributed by atoms with van der Waals surface area (Å²) in [6.07, 6.45) is 4.97. The second kappa shape index (κ2) is 6.40. The highest BCUT2D eigenvalue weighted by molar-refractivity contribution is 5.93. The van der Waals surface area contributed by atoms with E-state index in [9.17, 15) is 4.79 Å². The monoisotopic (exact) mass is 281 g/mol. The molecule has 0 radical (unpaired) electrons. The number of piperidine rings is 1. The van der Waals surface area contributed by atoms with Crippen LogP contribution in [0.2, 0.25) is 0 Å². The molecule has 0 spiro atoms. The Balaban J connectivity index is 0.00000133. The van der Waals surface area contributed by atoms with Gasteiger partial charge in [-0.2, -0.15) is 0 Å². The fraction of sp³-hybridized carbons (Fsp3) is 0.533. The van der Waals surface area contributed by atoms with Crippen LogP contribution in [0, 0.1) is 5.92 Å². The Morgan fingerprint density at radius 3 is 2.84 bits per heavy atom. The van der Waals surface area contributed by atoms with Crippen LogP contribution in [0.5, 0.6) is 0 Å². The van der Waals surface area contributed by atoms with Gasteiger partial charge in [0, 0.05) is 5.56 Å². The molecule has 3 rings (SSSR count). The summed E-state index contributed by atoms with van der Waals surface area (Å²) in [5.74, 6) is 0.687. The van der Waals surface area contributed by atoms with Crippen molar-refractivity contribution in [1.29, 1.82) is 0 Å². The van der Waals surface area contributed by atoms with Gasteiger partial charge in [-0.05, 0) is 56.3 Å². The predicted molar refractivity (Wildman–Crippen MR) is 76.7 cm³/mol. The average Bonchev–Trinajstić information content (AvgIpc) is 2.79. The molecular formula is C15H20ClNO2. The van der Waals surface area contributed by atoms with Crippen molar-refractivity contribution >= 4 is 18.4 Å². The molecule has 3 nitrogen and oxygen atoms in total. The van der Waals surface area contributed by atoms with E-state index in [0.29, 0.717) is 6.61 Å². The molecule has 1 aromatic rings. The third-order valence-corrected chi connectivity index (χ3v) is 4.05. The Morgan fingerprint density at radius 2 is 2.05 bits per heavy atom. The Kier molecular flexibility index (Phi) is 4.83. The van der Waals surface area contributed by atoms with Crippen molar-refractivity contribution in [3.63, 3.8) is 0 Å². The van der Waals surface area contributed by atoms with E-state index >= 15 is 0 Å². The molecule has 2 aliphatic rings. The maximum absolute atomic E-state index is 11.4. The quantitative estimate of drug-likeness (QED) is 0.866. The minimum atomic E-state index is -0.171. The minimum Gasteiger partial charge on any atom is -0.457 e. The highest BCUT2D eigenvalue weighted by atomic mass is 35.5. The second-order valence-corrected chi connectivity index (χ2v) is 5.30. The van der Waals surface area contributed by atoms with E-state index in [4.69, 9.17) is 4.74 Å². The number of halogens is 1. The standard InChI is InChI=1S/C15H19NO2.ClH/c17-15-14-4-3-12(9-13(14)10-18-15)2-1-11-5-7-16-8-6-11;/h3-4,9,11,16H,1-2,5-8,10H2;1H. The first-order chi connectivity index (χ1) is 8.83. The molecule has 2 aliphatic heterocycles. The molecular weight excluding hydrogens is 262 g/mol. The molecule has 1 N–H and O–H groups in total. The van der Waals surface area contributed by atoms with Crippen molar-refractivity contribution in [2.75, 3.05) is 13.1 Å². The van der Waals surface area contributed by atoms with Crippen LogP contribution in [0.3, 0.4) is 0 Å². The third-order valence-electron chi connectivity index (χ3n) is 4.05. The van der Waals surface area contributed by atoms with E-state index < -0.39 is 0 Å². The topological polar surface area (TPSA) is 38.3 Å². The molecule has 0 unspecified atom stereocenters. The SMILES string of the molecule is Cl.O=C1OCc2cc(CCC3CCNCC3)ccc21. The minimum absolute atomic E-state index is 0. The van der Waals surface area contributed by atoms with E-state index in [-0.39, 0.29) is 18.4 Å². The summed E-state index contributed by atoms with van der Waals surface area (Å²) in [5, 5.41) is 3.40. The average molecular weight is 282 g/mol. The van der Waals surface area contributed by atoms with Crippen molar-refractivity contribution < 1.29 is 9.53 Å². The molecule has 0 aliphatic carbocycles. The highest BCUT2D eigenvalue weighted by Gasteiger charge is 2.21. The lowest BCUT2D eigenvalue weighted by atomic mass is 9.91. The zero-order chi connectivity index (χ0) is 12.4. The van der Waals surface area contributed by atoms with Crippen molar-refractivity contribution in [1.82, 2.24) is 5.32 Å². The van der Waals surface area contributed by atoms with E-state index in [1.807, 2.05) is 6.07 Å². The molecule has 1 aromatic carbocycles. The van der Waals surface area contributed by atoms with Crippen LogP contribution in [-0.4, -0.2) is 19.1 Å². The summed E-state index contributed by atoms with van der Waals surface area (Å²) < 4.78 is 5.03. The van der Waals surface area contributed by atoms with Gasteiger partial charge >= 0.3 is 5.97 Å². The number of carbonyl (C=O) groups is 1. The molecule has 1 saturated heterocycles. The van der Waals surface area contributed by atoms with Crippen LogP contribution in [0.1, 0.15) is 40.7 Å². The molecule has 4 heteroatoms. The van der Waals surface area contributed by atoms with Gasteiger partial charge in [0.25, 0.3) is 0 Å². The Labute approximate surface area is 120 Å². The maximum Gasteiger partial charge on any atom is 0.338 e. The van der Waals surface area contributed by atoms with Gasteiger partial charge in [0.2, 0.25) is 0 Å². The lowest BCUT2D eigenvalue weighted by molar-refractivity contribution is 0.0535. The lowest BCUT2D eigenvalue weighted by Gasteiger charge is -2.22. The summed E-state index contributed by atoms with van der Waals surface area (Å²) in [5.41, 5.74) is 3.15. The van der Waals surface area contributed by atoms with Crippen LogP contribution in [0.4, 0.5) is 0 Å². The smallest absolute Gasteiger partial charge is 0.338 e. The number of hydrogen-bond donors (Lipinski definition) is 1. The molecule has 104 valence electrons. The van der Waals surface area contributed by atoms with Gasteiger partial charge in [0.15, 0.2) is 0 Å². The summed E-state index contributed by atoms with van der Waals surface area (Å²) in [7, 11) is 0. The van der Waals surface area contributed by atoms with E-state index in [1.165, 1.54) is 24.8 Å². The zero-order valence-electron chi connectivity index (χ0n) is 11.0. The number of hydrogen-bond acceptors (Lipinski definition) is 3. The second-order valence-electron chi connectivity index (χ2n) is 5.30. The molecule has 0 aromatic heterocycles. The van der Waals surface area contributed by atoms with Gasteiger partial charge in [-0.25, -0.2) is 4.79 Å². The summed E-state index contributed by atoms with van der Waals surface area (Å²) in [6.45, 7) is 2.78. The molecule has 2 heterocycles. The van der Waals surface area contributed by atoms with Crippen molar-refractivity contribution in [3.8, 4) is 0 Å². The number of nitrogens with one attached hydrogen (secondary N) is 1.